The molecule has 1 heterocycles. The third-order valence-electron chi connectivity index (χ3n) is 5.85. The van der Waals surface area contributed by atoms with Gasteiger partial charge in [-0.05, 0) is 54.8 Å². The summed E-state index contributed by atoms with van der Waals surface area (Å²) in [5.41, 5.74) is 1.52. The fourth-order valence-corrected chi connectivity index (χ4v) is 4.00. The zero-order chi connectivity index (χ0) is 26.7. The fourth-order valence-electron chi connectivity index (χ4n) is 3.83. The molecule has 2 aromatic rings. The van der Waals surface area contributed by atoms with Crippen LogP contribution < -0.4 is 4.90 Å². The van der Waals surface area contributed by atoms with Gasteiger partial charge in [-0.3, -0.25) is 5.41 Å². The van der Waals surface area contributed by atoms with Crippen LogP contribution in [0, 0.1) is 17.0 Å². The summed E-state index contributed by atoms with van der Waals surface area (Å²) >= 11 is 6.15. The molecular weight excluding hydrogens is 482 g/mol. The van der Waals surface area contributed by atoms with Crippen LogP contribution in [0.15, 0.2) is 55.4 Å². The first-order valence-corrected chi connectivity index (χ1v) is 12.5. The van der Waals surface area contributed by atoms with Crippen LogP contribution in [0.3, 0.4) is 0 Å². The van der Waals surface area contributed by atoms with Gasteiger partial charge in [-0.25, -0.2) is 8.78 Å². The summed E-state index contributed by atoms with van der Waals surface area (Å²) in [4.78, 5) is 12.9. The topological polar surface area (TPSA) is 62.3 Å². The number of nitrogens with zero attached hydrogens (tertiary/aromatic N) is 4. The molecule has 1 aromatic carbocycles. The van der Waals surface area contributed by atoms with Crippen molar-refractivity contribution >= 4 is 23.3 Å². The van der Waals surface area contributed by atoms with Crippen LogP contribution in [0.25, 0.3) is 0 Å². The Morgan fingerprint density at radius 3 is 2.44 bits per heavy atom. The number of nitrogens with one attached hydrogen (secondary N) is 2. The average molecular weight is 519 g/mol. The van der Waals surface area contributed by atoms with Crippen molar-refractivity contribution in [2.24, 2.45) is 0 Å². The minimum Gasteiger partial charge on any atom is -0.376 e. The van der Waals surface area contributed by atoms with Gasteiger partial charge >= 0.3 is 0 Å². The Morgan fingerprint density at radius 2 is 1.83 bits per heavy atom. The number of aromatic nitrogens is 2. The van der Waals surface area contributed by atoms with E-state index in [1.54, 1.807) is 24.2 Å². The molecule has 196 valence electrons. The summed E-state index contributed by atoms with van der Waals surface area (Å²) < 4.78 is 27.9. The van der Waals surface area contributed by atoms with Gasteiger partial charge in [0.15, 0.2) is 5.82 Å². The number of hydrogen-bond acceptors (Lipinski definition) is 4. The monoisotopic (exact) mass is 518 g/mol. The Hall–Kier alpha value is -3.13. The molecule has 0 fully saturated rings. The van der Waals surface area contributed by atoms with E-state index in [1.807, 2.05) is 23.0 Å². The summed E-state index contributed by atoms with van der Waals surface area (Å²) in [6, 6.07) is 3.87. The number of halogens is 3. The van der Waals surface area contributed by atoms with Crippen LogP contribution >= 0.6 is 11.6 Å². The molecule has 0 saturated heterocycles. The molecule has 0 aliphatic carbocycles. The molecular formula is C27H37ClF2N6. The van der Waals surface area contributed by atoms with Crippen molar-refractivity contribution in [1.29, 1.82) is 5.41 Å². The maximum absolute atomic E-state index is 14.0. The second kappa shape index (κ2) is 14.4. The molecule has 0 saturated carbocycles. The molecule has 0 aliphatic rings. The van der Waals surface area contributed by atoms with E-state index >= 15 is 0 Å². The van der Waals surface area contributed by atoms with Crippen LogP contribution in [0.4, 0.5) is 14.6 Å². The number of H-pyrrole nitrogens is 1. The summed E-state index contributed by atoms with van der Waals surface area (Å²) in [5, 5.41) is 8.93. The number of unbranched alkanes of at least 4 members (excludes halogenated alkanes) is 2. The molecule has 9 heteroatoms. The third kappa shape index (κ3) is 8.22. The summed E-state index contributed by atoms with van der Waals surface area (Å²) in [6.07, 6.45) is 9.93. The van der Waals surface area contributed by atoms with E-state index in [1.165, 1.54) is 18.2 Å². The lowest BCUT2D eigenvalue weighted by atomic mass is 10.1. The molecule has 1 aromatic heterocycles. The molecule has 0 aliphatic heterocycles. The quantitative estimate of drug-likeness (QED) is 0.119. The van der Waals surface area contributed by atoms with E-state index in [0.29, 0.717) is 24.5 Å². The first-order chi connectivity index (χ1) is 17.2. The molecule has 0 bridgehead atoms. The zero-order valence-electron chi connectivity index (χ0n) is 21.5. The van der Waals surface area contributed by atoms with Crippen LogP contribution in [-0.2, 0) is 6.54 Å². The minimum atomic E-state index is -0.561. The van der Waals surface area contributed by atoms with Crippen LogP contribution in [-0.4, -0.2) is 52.8 Å². The Balaban J connectivity index is 1.98. The lowest BCUT2D eigenvalue weighted by molar-refractivity contribution is 0.415. The number of imidazole rings is 1. The number of rotatable bonds is 15. The third-order valence-corrected chi connectivity index (χ3v) is 6.02. The molecule has 0 amide bonds. The molecule has 0 atom stereocenters. The summed E-state index contributed by atoms with van der Waals surface area (Å²) in [5.74, 6) is -0.247. The number of aromatic amines is 1. The number of hydrogen-bond donors (Lipinski definition) is 2. The molecule has 0 unspecified atom stereocenters. The molecule has 0 radical (unpaired) electrons. The smallest absolute Gasteiger partial charge is 0.202 e. The predicted octanol–water partition coefficient (Wildman–Crippen LogP) is 6.72. The van der Waals surface area contributed by atoms with Gasteiger partial charge in [0.25, 0.3) is 0 Å². The highest BCUT2D eigenvalue weighted by molar-refractivity contribution is 6.28. The van der Waals surface area contributed by atoms with Gasteiger partial charge in [-0.2, -0.15) is 4.98 Å². The Labute approximate surface area is 218 Å². The minimum absolute atomic E-state index is 0.0325. The molecule has 0 spiro atoms. The van der Waals surface area contributed by atoms with Crippen molar-refractivity contribution in [3.8, 4) is 0 Å². The number of anilines is 1. The first-order valence-electron chi connectivity index (χ1n) is 12.1. The van der Waals surface area contributed by atoms with Crippen LogP contribution in [0.5, 0.6) is 0 Å². The van der Waals surface area contributed by atoms with Gasteiger partial charge in [0.1, 0.15) is 23.2 Å². The van der Waals surface area contributed by atoms with Crippen molar-refractivity contribution in [3.63, 3.8) is 0 Å². The SMILES string of the molecule is C=C/C(=C\N(C)Cc1c(F)cccc1F)CCCN(C)C(=N)c1[nH]c(Cl)nc1N(C=C)CCCCC. The van der Waals surface area contributed by atoms with Crippen LogP contribution in [0.2, 0.25) is 5.28 Å². The Bertz CT molecular complexity index is 1040. The van der Waals surface area contributed by atoms with Crippen molar-refractivity contribution in [3.05, 3.63) is 83.6 Å². The average Bonchev–Trinajstić information content (AvgIpc) is 3.24. The second-order valence-electron chi connectivity index (χ2n) is 8.71. The van der Waals surface area contributed by atoms with Gasteiger partial charge in [0, 0.05) is 45.5 Å². The fraction of sp³-hybridized carbons (Fsp3) is 0.407. The van der Waals surface area contributed by atoms with Crippen molar-refractivity contribution < 1.29 is 8.78 Å². The standard InChI is InChI=1S/C27H37ClF2N6/c1-6-9-10-17-36(8-3)26-24(32-27(28)33-26)25(31)35(5)16-12-13-20(7-2)18-34(4)19-21-22(29)14-11-15-23(21)30/h7-8,11,14-15,18,31H,2-3,6,9-10,12-13,16-17,19H2,1,4-5H3,(H,32,33)/b20-18+,31-25?. The number of allylic oxidation sites excluding steroid dienone is 2. The van der Waals surface area contributed by atoms with E-state index < -0.39 is 11.6 Å². The maximum atomic E-state index is 14.0. The number of amidine groups is 1. The number of benzene rings is 1. The largest absolute Gasteiger partial charge is 0.376 e. The van der Waals surface area contributed by atoms with Gasteiger partial charge in [-0.1, -0.05) is 45.1 Å². The zero-order valence-corrected chi connectivity index (χ0v) is 22.2. The molecule has 2 N–H and O–H groups in total. The van der Waals surface area contributed by atoms with E-state index in [-0.39, 0.29) is 23.2 Å². The molecule has 2 rings (SSSR count). The van der Waals surface area contributed by atoms with Crippen molar-refractivity contribution in [2.45, 2.75) is 45.6 Å². The van der Waals surface area contributed by atoms with Gasteiger partial charge < -0.3 is 19.7 Å². The van der Waals surface area contributed by atoms with E-state index in [9.17, 15) is 8.78 Å². The van der Waals surface area contributed by atoms with E-state index in [4.69, 9.17) is 17.0 Å². The summed E-state index contributed by atoms with van der Waals surface area (Å²) in [6.45, 7) is 11.4. The van der Waals surface area contributed by atoms with Gasteiger partial charge in [0.2, 0.25) is 5.28 Å². The van der Waals surface area contributed by atoms with Crippen LogP contribution in [0.1, 0.15) is 50.3 Å². The van der Waals surface area contributed by atoms with Gasteiger partial charge in [0.05, 0.1) is 0 Å². The normalized spacial score (nSPS) is 11.3. The highest BCUT2D eigenvalue weighted by Gasteiger charge is 2.20. The lowest BCUT2D eigenvalue weighted by Gasteiger charge is -2.23. The first kappa shape index (κ1) is 29.1. The lowest BCUT2D eigenvalue weighted by Crippen LogP contribution is -2.30. The maximum Gasteiger partial charge on any atom is 0.202 e. The predicted molar refractivity (Wildman–Crippen MR) is 145 cm³/mol. The van der Waals surface area contributed by atoms with E-state index in [0.717, 1.165) is 37.8 Å². The van der Waals surface area contributed by atoms with Crippen molar-refractivity contribution in [2.75, 3.05) is 32.1 Å². The Kier molecular flexibility index (Phi) is 11.7. The molecule has 6 nitrogen and oxygen atoms in total. The highest BCUT2D eigenvalue weighted by atomic mass is 35.5. The van der Waals surface area contributed by atoms with Gasteiger partial charge in [-0.15, -0.1) is 0 Å². The summed E-state index contributed by atoms with van der Waals surface area (Å²) in [7, 11) is 3.62. The Morgan fingerprint density at radius 1 is 1.14 bits per heavy atom. The van der Waals surface area contributed by atoms with E-state index in [2.05, 4.69) is 30.0 Å². The molecule has 36 heavy (non-hydrogen) atoms. The second-order valence-corrected chi connectivity index (χ2v) is 9.06. The highest BCUT2D eigenvalue weighted by Crippen LogP contribution is 2.23. The van der Waals surface area contributed by atoms with Crippen molar-refractivity contribution in [1.82, 2.24) is 19.8 Å².